The van der Waals surface area contributed by atoms with Gasteiger partial charge in [0.05, 0.1) is 29.8 Å². The maximum Gasteiger partial charge on any atom is 0.159 e. The number of hydrogen-bond acceptors (Lipinski definition) is 6. The molecule has 0 amide bonds. The Hall–Kier alpha value is -4.30. The molecule has 2 N–H and O–H groups in total. The molecule has 1 saturated heterocycles. The van der Waals surface area contributed by atoms with E-state index in [0.717, 1.165) is 56.4 Å². The van der Waals surface area contributed by atoms with Crippen molar-refractivity contribution < 1.29 is 4.42 Å². The van der Waals surface area contributed by atoms with Gasteiger partial charge in [0.2, 0.25) is 0 Å². The normalized spacial score (nSPS) is 14.4. The fourth-order valence-electron chi connectivity index (χ4n) is 4.98. The molecule has 0 aliphatic carbocycles. The predicted octanol–water partition coefficient (Wildman–Crippen LogP) is 5.42. The summed E-state index contributed by atoms with van der Waals surface area (Å²) in [6.07, 6.45) is 13.4. The number of rotatable bonds is 5. The molecule has 1 aliphatic rings. The van der Waals surface area contributed by atoms with Gasteiger partial charge in [-0.3, -0.25) is 20.0 Å². The molecule has 0 unspecified atom stereocenters. The van der Waals surface area contributed by atoms with Gasteiger partial charge in [-0.05, 0) is 61.3 Å². The van der Waals surface area contributed by atoms with Crippen LogP contribution in [0.4, 0.5) is 0 Å². The highest BCUT2D eigenvalue weighted by molar-refractivity contribution is 5.97. The minimum atomic E-state index is 0.696. The molecule has 6 heterocycles. The summed E-state index contributed by atoms with van der Waals surface area (Å²) in [7, 11) is 0. The molecule has 6 aromatic rings. The summed E-state index contributed by atoms with van der Waals surface area (Å²) in [6.45, 7) is 3.29. The van der Waals surface area contributed by atoms with Gasteiger partial charge in [-0.25, -0.2) is 4.98 Å². The highest BCUT2D eigenvalue weighted by Gasteiger charge is 2.17. The van der Waals surface area contributed by atoms with Crippen molar-refractivity contribution in [2.75, 3.05) is 13.1 Å². The Labute approximate surface area is 201 Å². The predicted molar refractivity (Wildman–Crippen MR) is 134 cm³/mol. The lowest BCUT2D eigenvalue weighted by Gasteiger charge is -2.14. The third-order valence-electron chi connectivity index (χ3n) is 6.75. The number of H-pyrrole nitrogens is 2. The number of benzene rings is 1. The number of furan rings is 1. The number of fused-ring (bicyclic) bond motifs is 2. The summed E-state index contributed by atoms with van der Waals surface area (Å²) in [5.41, 5.74) is 8.73. The lowest BCUT2D eigenvalue weighted by Crippen LogP contribution is -2.18. The summed E-state index contributed by atoms with van der Waals surface area (Å²) in [4.78, 5) is 19.7. The van der Waals surface area contributed by atoms with Crippen LogP contribution >= 0.6 is 0 Å². The van der Waals surface area contributed by atoms with Crippen LogP contribution in [-0.2, 0) is 6.54 Å². The van der Waals surface area contributed by atoms with E-state index in [-0.39, 0.29) is 0 Å². The molecule has 8 heteroatoms. The van der Waals surface area contributed by atoms with Crippen molar-refractivity contribution in [3.8, 4) is 33.8 Å². The summed E-state index contributed by atoms with van der Waals surface area (Å²) in [6, 6.07) is 10.5. The first-order chi connectivity index (χ1) is 17.3. The van der Waals surface area contributed by atoms with Gasteiger partial charge >= 0.3 is 0 Å². The Kier molecular flexibility index (Phi) is 4.70. The number of nitrogens with zero attached hydrogens (tertiary/aromatic N) is 5. The van der Waals surface area contributed by atoms with Crippen molar-refractivity contribution in [3.05, 3.63) is 73.2 Å². The summed E-state index contributed by atoms with van der Waals surface area (Å²) < 4.78 is 5.26. The van der Waals surface area contributed by atoms with Crippen molar-refractivity contribution in [1.82, 2.24) is 35.0 Å². The lowest BCUT2D eigenvalue weighted by atomic mass is 10.0. The summed E-state index contributed by atoms with van der Waals surface area (Å²) >= 11 is 0. The first-order valence-electron chi connectivity index (χ1n) is 11.8. The molecule has 1 aromatic carbocycles. The lowest BCUT2D eigenvalue weighted by molar-refractivity contribution is 0.331. The second kappa shape index (κ2) is 8.18. The number of aromatic amines is 2. The van der Waals surface area contributed by atoms with Crippen LogP contribution in [0.1, 0.15) is 18.4 Å². The molecule has 7 rings (SSSR count). The third-order valence-corrected chi connectivity index (χ3v) is 6.75. The highest BCUT2D eigenvalue weighted by atomic mass is 16.3. The maximum absolute atomic E-state index is 5.26. The number of aromatic nitrogens is 6. The molecule has 1 fully saturated rings. The molecule has 5 aromatic heterocycles. The fraction of sp³-hybridized carbons (Fsp3) is 0.185. The van der Waals surface area contributed by atoms with Crippen LogP contribution in [0.25, 0.3) is 55.7 Å². The van der Waals surface area contributed by atoms with Gasteiger partial charge in [-0.2, -0.15) is 5.10 Å². The quantitative estimate of drug-likeness (QED) is 0.356. The zero-order valence-corrected chi connectivity index (χ0v) is 19.0. The SMILES string of the molecule is c1cc(-c2cncc3[nH]c(-c4n[nH]c5ccc(-c6cncc(CN7CCCC7)c6)cc45)nc23)co1. The second-order valence-corrected chi connectivity index (χ2v) is 9.08. The number of pyridine rings is 2. The smallest absolute Gasteiger partial charge is 0.159 e. The van der Waals surface area contributed by atoms with Crippen LogP contribution < -0.4 is 0 Å². The Morgan fingerprint density at radius 2 is 1.80 bits per heavy atom. The van der Waals surface area contributed by atoms with Crippen LogP contribution in [0, 0.1) is 0 Å². The average molecular weight is 462 g/mol. The molecule has 0 spiro atoms. The zero-order valence-electron chi connectivity index (χ0n) is 19.0. The van der Waals surface area contributed by atoms with E-state index in [1.807, 2.05) is 18.5 Å². The van der Waals surface area contributed by atoms with Crippen LogP contribution in [-0.4, -0.2) is 48.1 Å². The largest absolute Gasteiger partial charge is 0.472 e. The Balaban J connectivity index is 1.28. The van der Waals surface area contributed by atoms with Gasteiger partial charge in [0.1, 0.15) is 11.2 Å². The van der Waals surface area contributed by atoms with E-state index in [4.69, 9.17) is 9.40 Å². The Morgan fingerprint density at radius 1 is 0.886 bits per heavy atom. The molecule has 1 aliphatic heterocycles. The molecule has 8 nitrogen and oxygen atoms in total. The topological polar surface area (TPSA) is 99.5 Å². The van der Waals surface area contributed by atoms with Crippen molar-refractivity contribution in [1.29, 1.82) is 0 Å². The van der Waals surface area contributed by atoms with E-state index < -0.39 is 0 Å². The van der Waals surface area contributed by atoms with Crippen LogP contribution in [0.5, 0.6) is 0 Å². The second-order valence-electron chi connectivity index (χ2n) is 9.08. The van der Waals surface area contributed by atoms with Crippen molar-refractivity contribution in [2.24, 2.45) is 0 Å². The van der Waals surface area contributed by atoms with Crippen molar-refractivity contribution in [2.45, 2.75) is 19.4 Å². The molecular weight excluding hydrogens is 438 g/mol. The molecule has 0 bridgehead atoms. The minimum absolute atomic E-state index is 0.696. The van der Waals surface area contributed by atoms with Crippen molar-refractivity contribution in [3.63, 3.8) is 0 Å². The van der Waals surface area contributed by atoms with E-state index in [2.05, 4.69) is 54.3 Å². The third kappa shape index (κ3) is 3.59. The van der Waals surface area contributed by atoms with Gasteiger partial charge in [0.25, 0.3) is 0 Å². The van der Waals surface area contributed by atoms with E-state index in [9.17, 15) is 0 Å². The van der Waals surface area contributed by atoms with E-state index in [0.29, 0.717) is 5.82 Å². The molecule has 0 atom stereocenters. The number of imidazole rings is 1. The number of likely N-dealkylation sites (tertiary alicyclic amines) is 1. The minimum Gasteiger partial charge on any atom is -0.472 e. The monoisotopic (exact) mass is 461 g/mol. The fourth-order valence-corrected chi connectivity index (χ4v) is 4.98. The summed E-state index contributed by atoms with van der Waals surface area (Å²) in [5, 5.41) is 8.75. The average Bonchev–Trinajstić information content (AvgIpc) is 3.70. The van der Waals surface area contributed by atoms with Crippen LogP contribution in [0.15, 0.2) is 72.1 Å². The van der Waals surface area contributed by atoms with Gasteiger partial charge in [0.15, 0.2) is 5.82 Å². The number of hydrogen-bond donors (Lipinski definition) is 2. The van der Waals surface area contributed by atoms with Gasteiger partial charge in [-0.1, -0.05) is 6.07 Å². The molecule has 35 heavy (non-hydrogen) atoms. The standard InChI is InChI=1S/C27H23N7O/c1-2-7-34(6-1)15-17-9-20(12-28-11-17)18-3-4-23-21(10-18)26(33-32-23)27-30-24-14-29-13-22(25(24)31-27)19-5-8-35-16-19/h3-5,8-14,16H,1-2,6-7,15H2,(H,30,31)(H,32,33). The number of nitrogens with one attached hydrogen (secondary N) is 2. The van der Waals surface area contributed by atoms with Gasteiger partial charge in [-0.15, -0.1) is 0 Å². The molecule has 0 radical (unpaired) electrons. The zero-order chi connectivity index (χ0) is 23.2. The van der Waals surface area contributed by atoms with E-state index >= 15 is 0 Å². The summed E-state index contributed by atoms with van der Waals surface area (Å²) in [5.74, 6) is 0.696. The van der Waals surface area contributed by atoms with E-state index in [1.54, 1.807) is 24.9 Å². The first-order valence-corrected chi connectivity index (χ1v) is 11.8. The highest BCUT2D eigenvalue weighted by Crippen LogP contribution is 2.33. The van der Waals surface area contributed by atoms with E-state index in [1.165, 1.54) is 31.5 Å². The van der Waals surface area contributed by atoms with Crippen LogP contribution in [0.2, 0.25) is 0 Å². The van der Waals surface area contributed by atoms with Crippen molar-refractivity contribution >= 4 is 21.9 Å². The Morgan fingerprint density at radius 3 is 2.69 bits per heavy atom. The molecular formula is C27H23N7O. The first kappa shape index (κ1) is 20.1. The van der Waals surface area contributed by atoms with Crippen LogP contribution in [0.3, 0.4) is 0 Å². The Bertz CT molecular complexity index is 1640. The van der Waals surface area contributed by atoms with Gasteiger partial charge in [0, 0.05) is 47.2 Å². The molecule has 0 saturated carbocycles. The van der Waals surface area contributed by atoms with Gasteiger partial charge < -0.3 is 9.40 Å². The maximum atomic E-state index is 5.26. The molecule has 172 valence electrons.